The third-order valence-corrected chi connectivity index (χ3v) is 5.14. The molecule has 0 bridgehead atoms. The van der Waals surface area contributed by atoms with Gasteiger partial charge in [0.05, 0.1) is 6.54 Å². The minimum atomic E-state index is 0. The van der Waals surface area contributed by atoms with Gasteiger partial charge in [0.25, 0.3) is 0 Å². The number of aromatic nitrogens is 1. The van der Waals surface area contributed by atoms with Gasteiger partial charge in [-0.2, -0.15) is 0 Å². The predicted octanol–water partition coefficient (Wildman–Crippen LogP) is 2.79. The lowest BCUT2D eigenvalue weighted by molar-refractivity contribution is 0.258. The number of nitrogens with one attached hydrogen (secondary N) is 2. The van der Waals surface area contributed by atoms with Crippen molar-refractivity contribution in [2.45, 2.75) is 26.4 Å². The summed E-state index contributed by atoms with van der Waals surface area (Å²) in [6, 6.07) is 8.75. The summed E-state index contributed by atoms with van der Waals surface area (Å²) in [4.78, 5) is 12.4. The number of nitrogens with zero attached hydrogens (tertiary/aromatic N) is 3. The summed E-state index contributed by atoms with van der Waals surface area (Å²) in [6.07, 6.45) is 3.05. The second-order valence-corrected chi connectivity index (χ2v) is 7.33. The third-order valence-electron chi connectivity index (χ3n) is 4.23. The van der Waals surface area contributed by atoms with E-state index < -0.39 is 0 Å². The van der Waals surface area contributed by atoms with Crippen LogP contribution in [0.5, 0.6) is 0 Å². The highest BCUT2D eigenvalue weighted by molar-refractivity contribution is 14.0. The number of hydrogen-bond donors (Lipinski definition) is 2. The molecule has 5 nitrogen and oxygen atoms in total. The molecule has 7 heteroatoms. The predicted molar refractivity (Wildman–Crippen MR) is 116 cm³/mol. The summed E-state index contributed by atoms with van der Waals surface area (Å²) < 4.78 is 0. The molecule has 1 aromatic carbocycles. The number of hydrogen-bond acceptors (Lipinski definition) is 4. The van der Waals surface area contributed by atoms with E-state index in [1.54, 1.807) is 18.4 Å². The van der Waals surface area contributed by atoms with E-state index in [4.69, 9.17) is 0 Å². The van der Waals surface area contributed by atoms with E-state index >= 15 is 0 Å². The van der Waals surface area contributed by atoms with Gasteiger partial charge in [0.2, 0.25) is 0 Å². The van der Waals surface area contributed by atoms with Gasteiger partial charge in [-0.3, -0.25) is 9.89 Å². The molecule has 2 aromatic rings. The molecular formula is C18H26IN5S. The van der Waals surface area contributed by atoms with Gasteiger partial charge in [-0.05, 0) is 24.5 Å². The van der Waals surface area contributed by atoms with E-state index in [9.17, 15) is 0 Å². The van der Waals surface area contributed by atoms with Crippen LogP contribution >= 0.6 is 35.3 Å². The summed E-state index contributed by atoms with van der Waals surface area (Å²) in [5, 5.41) is 7.80. The molecule has 1 aliphatic rings. The molecule has 25 heavy (non-hydrogen) atoms. The molecule has 0 radical (unpaired) electrons. The SMILES string of the molecule is CN=C(NCCN1CCc2ccccc2C1)NCc1ncc(C)s1.I. The van der Waals surface area contributed by atoms with Crippen LogP contribution in [-0.2, 0) is 19.5 Å². The number of benzene rings is 1. The van der Waals surface area contributed by atoms with Crippen molar-refractivity contribution >= 4 is 41.3 Å². The van der Waals surface area contributed by atoms with Crippen LogP contribution in [0.1, 0.15) is 21.0 Å². The molecule has 0 aliphatic carbocycles. The Labute approximate surface area is 171 Å². The van der Waals surface area contributed by atoms with E-state index in [2.05, 4.69) is 56.7 Å². The molecule has 0 atom stereocenters. The summed E-state index contributed by atoms with van der Waals surface area (Å²) in [5.41, 5.74) is 2.96. The Kier molecular flexibility index (Phi) is 8.11. The molecule has 0 fully saturated rings. The molecule has 0 saturated carbocycles. The van der Waals surface area contributed by atoms with Gasteiger partial charge in [-0.25, -0.2) is 4.98 Å². The van der Waals surface area contributed by atoms with Crippen LogP contribution in [-0.4, -0.2) is 42.5 Å². The fraction of sp³-hybridized carbons (Fsp3) is 0.444. The normalized spacial score (nSPS) is 14.6. The van der Waals surface area contributed by atoms with E-state index in [-0.39, 0.29) is 24.0 Å². The topological polar surface area (TPSA) is 52.6 Å². The van der Waals surface area contributed by atoms with Crippen LogP contribution in [0, 0.1) is 6.92 Å². The first-order valence-electron chi connectivity index (χ1n) is 8.39. The van der Waals surface area contributed by atoms with Gasteiger partial charge in [-0.15, -0.1) is 35.3 Å². The van der Waals surface area contributed by atoms with Crippen LogP contribution < -0.4 is 10.6 Å². The van der Waals surface area contributed by atoms with Crippen molar-refractivity contribution in [3.8, 4) is 0 Å². The van der Waals surface area contributed by atoms with Gasteiger partial charge in [0, 0.05) is 44.3 Å². The Morgan fingerprint density at radius 3 is 2.80 bits per heavy atom. The molecular weight excluding hydrogens is 445 g/mol. The van der Waals surface area contributed by atoms with Gasteiger partial charge in [-0.1, -0.05) is 24.3 Å². The van der Waals surface area contributed by atoms with Crippen molar-refractivity contribution in [2.75, 3.05) is 26.7 Å². The Bertz CT molecular complexity index is 700. The van der Waals surface area contributed by atoms with Crippen molar-refractivity contribution in [2.24, 2.45) is 4.99 Å². The van der Waals surface area contributed by atoms with Crippen molar-refractivity contribution in [1.82, 2.24) is 20.5 Å². The molecule has 0 saturated heterocycles. The molecule has 2 heterocycles. The largest absolute Gasteiger partial charge is 0.355 e. The minimum Gasteiger partial charge on any atom is -0.355 e. The van der Waals surface area contributed by atoms with Crippen LogP contribution in [0.25, 0.3) is 0 Å². The van der Waals surface area contributed by atoms with Gasteiger partial charge in [0.1, 0.15) is 5.01 Å². The number of rotatable bonds is 5. The highest BCUT2D eigenvalue weighted by atomic mass is 127. The second kappa shape index (κ2) is 10.1. The fourth-order valence-corrected chi connectivity index (χ4v) is 3.67. The summed E-state index contributed by atoms with van der Waals surface area (Å²) in [6.45, 7) is 6.87. The zero-order valence-electron chi connectivity index (χ0n) is 14.8. The number of fused-ring (bicyclic) bond motifs is 1. The zero-order valence-corrected chi connectivity index (χ0v) is 17.9. The van der Waals surface area contributed by atoms with Crippen LogP contribution in [0.3, 0.4) is 0 Å². The highest BCUT2D eigenvalue weighted by Crippen LogP contribution is 2.17. The first kappa shape index (κ1) is 20.1. The molecule has 3 rings (SSSR count). The van der Waals surface area contributed by atoms with Crippen molar-refractivity contribution in [3.05, 3.63) is 51.5 Å². The monoisotopic (exact) mass is 471 g/mol. The molecule has 0 amide bonds. The quantitative estimate of drug-likeness (QED) is 0.400. The molecule has 0 spiro atoms. The Hall–Kier alpha value is -1.19. The maximum atomic E-state index is 4.36. The Morgan fingerprint density at radius 1 is 1.28 bits per heavy atom. The summed E-state index contributed by atoms with van der Waals surface area (Å²) >= 11 is 1.72. The summed E-state index contributed by atoms with van der Waals surface area (Å²) in [5.74, 6) is 0.834. The van der Waals surface area contributed by atoms with E-state index in [1.807, 2.05) is 6.20 Å². The van der Waals surface area contributed by atoms with E-state index in [1.165, 1.54) is 16.0 Å². The zero-order chi connectivity index (χ0) is 16.8. The van der Waals surface area contributed by atoms with Gasteiger partial charge < -0.3 is 10.6 Å². The van der Waals surface area contributed by atoms with Crippen molar-refractivity contribution in [3.63, 3.8) is 0 Å². The number of aliphatic imine (C=N–C) groups is 1. The molecule has 136 valence electrons. The first-order valence-corrected chi connectivity index (χ1v) is 9.21. The van der Waals surface area contributed by atoms with E-state index in [0.29, 0.717) is 0 Å². The van der Waals surface area contributed by atoms with Crippen molar-refractivity contribution < 1.29 is 0 Å². The maximum Gasteiger partial charge on any atom is 0.191 e. The third kappa shape index (κ3) is 5.93. The van der Waals surface area contributed by atoms with Crippen molar-refractivity contribution in [1.29, 1.82) is 0 Å². The van der Waals surface area contributed by atoms with Gasteiger partial charge >= 0.3 is 0 Å². The van der Waals surface area contributed by atoms with E-state index in [0.717, 1.165) is 50.1 Å². The molecule has 1 aromatic heterocycles. The molecule has 1 aliphatic heterocycles. The lowest BCUT2D eigenvalue weighted by Gasteiger charge is -2.28. The summed E-state index contributed by atoms with van der Waals surface area (Å²) in [7, 11) is 1.81. The average Bonchev–Trinajstić information content (AvgIpc) is 3.03. The lowest BCUT2D eigenvalue weighted by atomic mass is 10.00. The number of thiazole rings is 1. The minimum absolute atomic E-state index is 0. The smallest absolute Gasteiger partial charge is 0.191 e. The van der Waals surface area contributed by atoms with Crippen LogP contribution in [0.15, 0.2) is 35.5 Å². The number of aryl methyl sites for hydroxylation is 1. The maximum absolute atomic E-state index is 4.36. The van der Waals surface area contributed by atoms with Crippen LogP contribution in [0.4, 0.5) is 0 Å². The fourth-order valence-electron chi connectivity index (χ4n) is 2.94. The van der Waals surface area contributed by atoms with Gasteiger partial charge in [0.15, 0.2) is 5.96 Å². The number of guanidine groups is 1. The molecule has 0 unspecified atom stereocenters. The first-order chi connectivity index (χ1) is 11.7. The number of halogens is 1. The second-order valence-electron chi connectivity index (χ2n) is 6.01. The van der Waals surface area contributed by atoms with Crippen LogP contribution in [0.2, 0.25) is 0 Å². The Morgan fingerprint density at radius 2 is 2.08 bits per heavy atom. The average molecular weight is 471 g/mol. The highest BCUT2D eigenvalue weighted by Gasteiger charge is 2.15. The lowest BCUT2D eigenvalue weighted by Crippen LogP contribution is -2.42. The standard InChI is InChI=1S/C18H25N5S.HI/c1-14-11-21-17(24-14)12-22-18(19-2)20-8-10-23-9-7-15-5-3-4-6-16(15)13-23;/h3-6,11H,7-10,12-13H2,1-2H3,(H2,19,20,22);1H. The Balaban J connectivity index is 0.00000225. The molecule has 2 N–H and O–H groups in total.